The number of rotatable bonds is 2. The van der Waals surface area contributed by atoms with E-state index in [0.29, 0.717) is 18.0 Å². The molecule has 1 aliphatic rings. The number of benzene rings is 1. The monoisotopic (exact) mass is 297 g/mol. The van der Waals surface area contributed by atoms with E-state index in [9.17, 15) is 4.79 Å². The van der Waals surface area contributed by atoms with Crippen LogP contribution in [-0.4, -0.2) is 34.9 Å². The fourth-order valence-corrected chi connectivity index (χ4v) is 3.43. The lowest BCUT2D eigenvalue weighted by atomic mass is 9.90. The van der Waals surface area contributed by atoms with Crippen molar-refractivity contribution in [2.45, 2.75) is 32.7 Å². The highest BCUT2D eigenvalue weighted by Gasteiger charge is 2.32. The zero-order chi connectivity index (χ0) is 15.7. The Bertz CT molecular complexity index is 698. The van der Waals surface area contributed by atoms with E-state index < -0.39 is 0 Å². The number of para-hydroxylation sites is 1. The summed E-state index contributed by atoms with van der Waals surface area (Å²) in [6.45, 7) is 5.44. The molecule has 0 unspecified atom stereocenters. The zero-order valence-electron chi connectivity index (χ0n) is 13.2. The van der Waals surface area contributed by atoms with E-state index in [1.165, 1.54) is 0 Å². The Balaban J connectivity index is 2.03. The van der Waals surface area contributed by atoms with Crippen molar-refractivity contribution < 1.29 is 4.79 Å². The van der Waals surface area contributed by atoms with Gasteiger partial charge in [0.2, 0.25) is 0 Å². The molecule has 3 rings (SSSR count). The SMILES string of the molecule is Cc1ccc2cccc(C(=O)N3CCC[C@@H](C)[C@@H]3CN)c2n1. The number of amides is 1. The smallest absolute Gasteiger partial charge is 0.256 e. The summed E-state index contributed by atoms with van der Waals surface area (Å²) in [4.78, 5) is 19.6. The molecule has 0 spiro atoms. The molecule has 1 aromatic carbocycles. The normalized spacial score (nSPS) is 22.0. The first-order chi connectivity index (χ1) is 10.6. The molecule has 1 aromatic heterocycles. The van der Waals surface area contributed by atoms with Gasteiger partial charge in [-0.05, 0) is 37.8 Å². The van der Waals surface area contributed by atoms with Crippen LogP contribution in [0.5, 0.6) is 0 Å². The van der Waals surface area contributed by atoms with Crippen LogP contribution >= 0.6 is 0 Å². The Labute approximate surface area is 131 Å². The third-order valence-corrected chi connectivity index (χ3v) is 4.71. The van der Waals surface area contributed by atoms with Gasteiger partial charge in [0, 0.05) is 30.2 Å². The Morgan fingerprint density at radius 1 is 1.36 bits per heavy atom. The number of nitrogens with zero attached hydrogens (tertiary/aromatic N) is 2. The van der Waals surface area contributed by atoms with Crippen molar-refractivity contribution in [2.75, 3.05) is 13.1 Å². The molecule has 2 atom stereocenters. The molecule has 0 saturated carbocycles. The van der Waals surface area contributed by atoms with Crippen molar-refractivity contribution in [1.29, 1.82) is 0 Å². The Morgan fingerprint density at radius 3 is 2.95 bits per heavy atom. The van der Waals surface area contributed by atoms with Gasteiger partial charge in [-0.3, -0.25) is 9.78 Å². The molecule has 0 bridgehead atoms. The van der Waals surface area contributed by atoms with E-state index in [1.54, 1.807) is 0 Å². The summed E-state index contributed by atoms with van der Waals surface area (Å²) in [6, 6.07) is 9.93. The number of piperidine rings is 1. The number of aromatic nitrogens is 1. The highest BCUT2D eigenvalue weighted by atomic mass is 16.2. The molecule has 1 saturated heterocycles. The summed E-state index contributed by atoms with van der Waals surface area (Å²) in [5, 5.41) is 1.01. The quantitative estimate of drug-likeness (QED) is 0.927. The zero-order valence-corrected chi connectivity index (χ0v) is 13.2. The van der Waals surface area contributed by atoms with Crippen molar-refractivity contribution in [3.8, 4) is 0 Å². The Morgan fingerprint density at radius 2 is 2.18 bits per heavy atom. The maximum absolute atomic E-state index is 13.1. The molecule has 1 fully saturated rings. The number of fused-ring (bicyclic) bond motifs is 1. The number of pyridine rings is 1. The van der Waals surface area contributed by atoms with Crippen LogP contribution in [0.2, 0.25) is 0 Å². The number of hydrogen-bond acceptors (Lipinski definition) is 3. The highest BCUT2D eigenvalue weighted by molar-refractivity contribution is 6.05. The van der Waals surface area contributed by atoms with Crippen LogP contribution in [0.25, 0.3) is 10.9 Å². The molecule has 2 N–H and O–H groups in total. The number of nitrogens with two attached hydrogens (primary N) is 1. The summed E-state index contributed by atoms with van der Waals surface area (Å²) in [5.74, 6) is 0.512. The molecule has 4 heteroatoms. The van der Waals surface area contributed by atoms with Gasteiger partial charge in [-0.15, -0.1) is 0 Å². The van der Waals surface area contributed by atoms with E-state index in [-0.39, 0.29) is 11.9 Å². The highest BCUT2D eigenvalue weighted by Crippen LogP contribution is 2.26. The summed E-state index contributed by atoms with van der Waals surface area (Å²) >= 11 is 0. The van der Waals surface area contributed by atoms with E-state index in [0.717, 1.165) is 36.0 Å². The summed E-state index contributed by atoms with van der Waals surface area (Å²) < 4.78 is 0. The van der Waals surface area contributed by atoms with Crippen molar-refractivity contribution in [2.24, 2.45) is 11.7 Å². The second-order valence-corrected chi connectivity index (χ2v) is 6.25. The van der Waals surface area contributed by atoms with Crippen molar-refractivity contribution in [1.82, 2.24) is 9.88 Å². The van der Waals surface area contributed by atoms with Gasteiger partial charge < -0.3 is 10.6 Å². The lowest BCUT2D eigenvalue weighted by Crippen LogP contribution is -2.51. The van der Waals surface area contributed by atoms with Gasteiger partial charge in [-0.2, -0.15) is 0 Å². The van der Waals surface area contributed by atoms with Crippen molar-refractivity contribution in [3.05, 3.63) is 41.6 Å². The summed E-state index contributed by atoms with van der Waals surface area (Å²) in [7, 11) is 0. The predicted molar refractivity (Wildman–Crippen MR) is 88.8 cm³/mol. The molecule has 0 aliphatic carbocycles. The second kappa shape index (κ2) is 6.05. The van der Waals surface area contributed by atoms with Crippen LogP contribution in [0.15, 0.2) is 30.3 Å². The van der Waals surface area contributed by atoms with Crippen LogP contribution in [0.1, 0.15) is 35.8 Å². The lowest BCUT2D eigenvalue weighted by Gasteiger charge is -2.39. The van der Waals surface area contributed by atoms with Gasteiger partial charge in [-0.25, -0.2) is 0 Å². The van der Waals surface area contributed by atoms with Crippen LogP contribution in [0, 0.1) is 12.8 Å². The Hall–Kier alpha value is -1.94. The minimum absolute atomic E-state index is 0.0608. The molecule has 1 amide bonds. The number of carbonyl (C=O) groups excluding carboxylic acids is 1. The van der Waals surface area contributed by atoms with Gasteiger partial charge in [0.15, 0.2) is 0 Å². The van der Waals surface area contributed by atoms with Crippen molar-refractivity contribution in [3.63, 3.8) is 0 Å². The molecule has 4 nitrogen and oxygen atoms in total. The van der Waals surface area contributed by atoms with Crippen LogP contribution in [0.3, 0.4) is 0 Å². The minimum Gasteiger partial charge on any atom is -0.334 e. The molecule has 2 aromatic rings. The van der Waals surface area contributed by atoms with Gasteiger partial charge in [-0.1, -0.05) is 25.1 Å². The maximum Gasteiger partial charge on any atom is 0.256 e. The number of likely N-dealkylation sites (tertiary alicyclic amines) is 1. The van der Waals surface area contributed by atoms with Crippen LogP contribution < -0.4 is 5.73 Å². The minimum atomic E-state index is 0.0608. The van der Waals surface area contributed by atoms with Crippen LogP contribution in [-0.2, 0) is 0 Å². The number of aryl methyl sites for hydroxylation is 1. The predicted octanol–water partition coefficient (Wildman–Crippen LogP) is 2.74. The molecule has 2 heterocycles. The van der Waals surface area contributed by atoms with E-state index in [4.69, 9.17) is 5.73 Å². The van der Waals surface area contributed by atoms with E-state index >= 15 is 0 Å². The standard InChI is InChI=1S/C18H23N3O/c1-12-5-4-10-21(16(12)11-19)18(22)15-7-3-6-14-9-8-13(2)20-17(14)15/h3,6-9,12,16H,4-5,10-11,19H2,1-2H3/t12-,16+/m1/s1. The fourth-order valence-electron chi connectivity index (χ4n) is 3.43. The summed E-state index contributed by atoms with van der Waals surface area (Å²) in [6.07, 6.45) is 2.18. The van der Waals surface area contributed by atoms with Crippen LogP contribution in [0.4, 0.5) is 0 Å². The molecule has 116 valence electrons. The first-order valence-electron chi connectivity index (χ1n) is 7.99. The fraction of sp³-hybridized carbons (Fsp3) is 0.444. The maximum atomic E-state index is 13.1. The summed E-state index contributed by atoms with van der Waals surface area (Å²) in [5.41, 5.74) is 8.33. The van der Waals surface area contributed by atoms with Gasteiger partial charge in [0.25, 0.3) is 5.91 Å². The number of hydrogen-bond donors (Lipinski definition) is 1. The van der Waals surface area contributed by atoms with Gasteiger partial charge >= 0.3 is 0 Å². The van der Waals surface area contributed by atoms with Gasteiger partial charge in [0.05, 0.1) is 11.1 Å². The largest absolute Gasteiger partial charge is 0.334 e. The topological polar surface area (TPSA) is 59.2 Å². The molecule has 1 aliphatic heterocycles. The second-order valence-electron chi connectivity index (χ2n) is 6.25. The molecule has 0 radical (unpaired) electrons. The third kappa shape index (κ3) is 2.59. The first kappa shape index (κ1) is 15.0. The molecular formula is C18H23N3O. The molecule has 22 heavy (non-hydrogen) atoms. The lowest BCUT2D eigenvalue weighted by molar-refractivity contribution is 0.0534. The van der Waals surface area contributed by atoms with Gasteiger partial charge in [0.1, 0.15) is 0 Å². The average molecular weight is 297 g/mol. The Kier molecular flexibility index (Phi) is 4.12. The third-order valence-electron chi connectivity index (χ3n) is 4.71. The van der Waals surface area contributed by atoms with E-state index in [1.807, 2.05) is 42.2 Å². The average Bonchev–Trinajstić information content (AvgIpc) is 2.53. The van der Waals surface area contributed by atoms with E-state index in [2.05, 4.69) is 11.9 Å². The molecular weight excluding hydrogens is 274 g/mol. The first-order valence-corrected chi connectivity index (χ1v) is 7.99. The number of carbonyl (C=O) groups is 1. The van der Waals surface area contributed by atoms with Crippen molar-refractivity contribution >= 4 is 16.8 Å².